The molecule has 1 aliphatic rings. The minimum atomic E-state index is 0. The Labute approximate surface area is 88.8 Å². The van der Waals surface area contributed by atoms with Gasteiger partial charge in [-0.05, 0) is 25.4 Å². The van der Waals surface area contributed by atoms with Crippen LogP contribution in [-0.4, -0.2) is 23.2 Å². The summed E-state index contributed by atoms with van der Waals surface area (Å²) in [6.07, 6.45) is 2.07. The molecular formula is C8H15ClN4O. The van der Waals surface area contributed by atoms with Crippen molar-refractivity contribution in [3.63, 3.8) is 0 Å². The summed E-state index contributed by atoms with van der Waals surface area (Å²) in [4.78, 5) is 4.16. The van der Waals surface area contributed by atoms with Gasteiger partial charge < -0.3 is 15.6 Å². The van der Waals surface area contributed by atoms with E-state index in [1.807, 2.05) is 0 Å². The van der Waals surface area contributed by atoms with Crippen LogP contribution in [-0.2, 0) is 13.0 Å². The molecule has 1 aliphatic heterocycles. The number of halogens is 1. The fourth-order valence-electron chi connectivity index (χ4n) is 1.59. The van der Waals surface area contributed by atoms with Crippen molar-refractivity contribution < 1.29 is 4.52 Å². The third kappa shape index (κ3) is 2.67. The number of nitrogens with zero attached hydrogens (tertiary/aromatic N) is 2. The largest absolute Gasteiger partial charge is 0.339 e. The quantitative estimate of drug-likeness (QED) is 0.753. The van der Waals surface area contributed by atoms with Crippen molar-refractivity contribution >= 4 is 12.4 Å². The predicted molar refractivity (Wildman–Crippen MR) is 54.1 cm³/mol. The highest BCUT2D eigenvalue weighted by molar-refractivity contribution is 5.85. The molecule has 0 radical (unpaired) electrons. The van der Waals surface area contributed by atoms with Gasteiger partial charge >= 0.3 is 0 Å². The lowest BCUT2D eigenvalue weighted by Gasteiger charge is -2.01. The summed E-state index contributed by atoms with van der Waals surface area (Å²) in [7, 11) is 0. The molecule has 0 amide bonds. The Bertz CT molecular complexity index is 272. The number of rotatable bonds is 3. The van der Waals surface area contributed by atoms with Gasteiger partial charge in [0.1, 0.15) is 0 Å². The van der Waals surface area contributed by atoms with Crippen LogP contribution in [0.4, 0.5) is 0 Å². The average molecular weight is 219 g/mol. The number of nitrogens with two attached hydrogens (primary N) is 1. The van der Waals surface area contributed by atoms with E-state index >= 15 is 0 Å². The zero-order valence-corrected chi connectivity index (χ0v) is 8.72. The smallest absolute Gasteiger partial charge is 0.227 e. The van der Waals surface area contributed by atoms with Crippen molar-refractivity contribution in [3.8, 4) is 0 Å². The molecule has 80 valence electrons. The zero-order chi connectivity index (χ0) is 9.10. The first-order chi connectivity index (χ1) is 6.38. The van der Waals surface area contributed by atoms with E-state index in [-0.39, 0.29) is 12.4 Å². The molecule has 0 aliphatic carbocycles. The molecule has 1 aromatic rings. The van der Waals surface area contributed by atoms with Gasteiger partial charge in [-0.25, -0.2) is 0 Å². The molecule has 1 aromatic heterocycles. The Hall–Kier alpha value is -0.650. The summed E-state index contributed by atoms with van der Waals surface area (Å²) in [5.41, 5.74) is 5.37. The van der Waals surface area contributed by atoms with Crippen molar-refractivity contribution in [2.24, 2.45) is 11.7 Å². The molecule has 2 rings (SSSR count). The van der Waals surface area contributed by atoms with Gasteiger partial charge in [-0.2, -0.15) is 4.98 Å². The third-order valence-electron chi connectivity index (χ3n) is 2.32. The van der Waals surface area contributed by atoms with Crippen LogP contribution >= 0.6 is 12.4 Å². The molecule has 1 fully saturated rings. The topological polar surface area (TPSA) is 77.0 Å². The number of hydrogen-bond acceptors (Lipinski definition) is 5. The lowest BCUT2D eigenvalue weighted by atomic mass is 10.1. The minimum Gasteiger partial charge on any atom is -0.339 e. The van der Waals surface area contributed by atoms with Crippen molar-refractivity contribution in [2.45, 2.75) is 19.4 Å². The summed E-state index contributed by atoms with van der Waals surface area (Å²) in [5.74, 6) is 1.96. The predicted octanol–water partition coefficient (Wildman–Crippen LogP) is 0.102. The van der Waals surface area contributed by atoms with Gasteiger partial charge in [0, 0.05) is 6.42 Å². The highest BCUT2D eigenvalue weighted by atomic mass is 35.5. The molecule has 0 saturated carbocycles. The van der Waals surface area contributed by atoms with Gasteiger partial charge in [0.05, 0.1) is 6.54 Å². The van der Waals surface area contributed by atoms with Crippen LogP contribution in [0.2, 0.25) is 0 Å². The maximum atomic E-state index is 5.37. The van der Waals surface area contributed by atoms with E-state index in [4.69, 9.17) is 10.3 Å². The minimum absolute atomic E-state index is 0. The van der Waals surface area contributed by atoms with E-state index in [0.717, 1.165) is 19.5 Å². The Kier molecular flexibility index (Phi) is 4.31. The fourth-order valence-corrected chi connectivity index (χ4v) is 1.59. The number of hydrogen-bond donors (Lipinski definition) is 2. The summed E-state index contributed by atoms with van der Waals surface area (Å²) in [6, 6.07) is 0. The highest BCUT2D eigenvalue weighted by Gasteiger charge is 2.17. The van der Waals surface area contributed by atoms with Crippen LogP contribution < -0.4 is 11.1 Å². The summed E-state index contributed by atoms with van der Waals surface area (Å²) in [6.45, 7) is 2.51. The Morgan fingerprint density at radius 3 is 3.00 bits per heavy atom. The molecular weight excluding hydrogens is 204 g/mol. The van der Waals surface area contributed by atoms with E-state index < -0.39 is 0 Å². The van der Waals surface area contributed by atoms with Crippen molar-refractivity contribution in [1.82, 2.24) is 15.5 Å². The Balaban J connectivity index is 0.000000980. The monoisotopic (exact) mass is 218 g/mol. The lowest BCUT2D eigenvalue weighted by Crippen LogP contribution is -2.11. The molecule has 0 aromatic carbocycles. The molecule has 1 saturated heterocycles. The SMILES string of the molecule is Cl.NCc1noc(C[C@@H]2CCNC2)n1. The molecule has 2 heterocycles. The van der Waals surface area contributed by atoms with E-state index in [9.17, 15) is 0 Å². The van der Waals surface area contributed by atoms with Crippen LogP contribution in [0.5, 0.6) is 0 Å². The zero-order valence-electron chi connectivity index (χ0n) is 7.90. The molecule has 1 atom stereocenters. The average Bonchev–Trinajstić information content (AvgIpc) is 2.76. The summed E-state index contributed by atoms with van der Waals surface area (Å²) < 4.78 is 5.05. The first-order valence-electron chi connectivity index (χ1n) is 4.60. The fraction of sp³-hybridized carbons (Fsp3) is 0.750. The molecule has 0 unspecified atom stereocenters. The van der Waals surface area contributed by atoms with Crippen LogP contribution in [0.25, 0.3) is 0 Å². The van der Waals surface area contributed by atoms with E-state index in [2.05, 4.69) is 15.5 Å². The number of nitrogens with one attached hydrogen (secondary N) is 1. The maximum Gasteiger partial charge on any atom is 0.227 e. The van der Waals surface area contributed by atoms with Crippen molar-refractivity contribution in [2.75, 3.05) is 13.1 Å². The second-order valence-corrected chi connectivity index (χ2v) is 3.37. The first-order valence-corrected chi connectivity index (χ1v) is 4.60. The van der Waals surface area contributed by atoms with E-state index in [1.165, 1.54) is 6.42 Å². The third-order valence-corrected chi connectivity index (χ3v) is 2.32. The van der Waals surface area contributed by atoms with Crippen LogP contribution in [0, 0.1) is 5.92 Å². The summed E-state index contributed by atoms with van der Waals surface area (Å²) >= 11 is 0. The van der Waals surface area contributed by atoms with Gasteiger partial charge in [0.2, 0.25) is 5.89 Å². The normalized spacial score (nSPS) is 20.8. The summed E-state index contributed by atoms with van der Waals surface area (Å²) in [5, 5.41) is 7.04. The lowest BCUT2D eigenvalue weighted by molar-refractivity contribution is 0.353. The van der Waals surface area contributed by atoms with Gasteiger partial charge in [-0.15, -0.1) is 12.4 Å². The molecule has 0 spiro atoms. The van der Waals surface area contributed by atoms with Crippen molar-refractivity contribution in [1.29, 1.82) is 0 Å². The standard InChI is InChI=1S/C8H14N4O.ClH/c9-4-7-11-8(13-12-7)3-6-1-2-10-5-6;/h6,10H,1-5,9H2;1H/t6-;/m0./s1. The van der Waals surface area contributed by atoms with Gasteiger partial charge in [-0.3, -0.25) is 0 Å². The molecule has 3 N–H and O–H groups in total. The van der Waals surface area contributed by atoms with Crippen LogP contribution in [0.1, 0.15) is 18.1 Å². The second kappa shape index (κ2) is 5.29. The molecule has 0 bridgehead atoms. The van der Waals surface area contributed by atoms with Gasteiger partial charge in [0.25, 0.3) is 0 Å². The first kappa shape index (κ1) is 11.4. The van der Waals surface area contributed by atoms with Crippen LogP contribution in [0.3, 0.4) is 0 Å². The van der Waals surface area contributed by atoms with Crippen molar-refractivity contribution in [3.05, 3.63) is 11.7 Å². The highest BCUT2D eigenvalue weighted by Crippen LogP contribution is 2.13. The second-order valence-electron chi connectivity index (χ2n) is 3.37. The van der Waals surface area contributed by atoms with E-state index in [0.29, 0.717) is 24.2 Å². The van der Waals surface area contributed by atoms with Gasteiger partial charge in [-0.1, -0.05) is 5.16 Å². The van der Waals surface area contributed by atoms with Crippen LogP contribution in [0.15, 0.2) is 4.52 Å². The Morgan fingerprint density at radius 2 is 2.43 bits per heavy atom. The Morgan fingerprint density at radius 1 is 1.57 bits per heavy atom. The van der Waals surface area contributed by atoms with Gasteiger partial charge in [0.15, 0.2) is 5.82 Å². The molecule has 6 heteroatoms. The maximum absolute atomic E-state index is 5.37. The molecule has 5 nitrogen and oxygen atoms in total. The number of aromatic nitrogens is 2. The molecule has 14 heavy (non-hydrogen) atoms. The van der Waals surface area contributed by atoms with E-state index in [1.54, 1.807) is 0 Å².